The van der Waals surface area contributed by atoms with Crippen molar-refractivity contribution in [3.05, 3.63) is 88.5 Å². The first-order valence-corrected chi connectivity index (χ1v) is 12.0. The zero-order valence-electron chi connectivity index (χ0n) is 18.2. The first kappa shape index (κ1) is 22.7. The van der Waals surface area contributed by atoms with E-state index in [-0.39, 0.29) is 6.61 Å². The standard InChI is InChI=1S/C25H27O6P/c1-3-18-5-4-6-19(11-18)14-29-15-20-7-9-23-22(12-20)17-30-25-13-21(8-10-24(23)25)16-31-32(26,27)28-2/h4-13H,3,14-17H2,1-2H3,(H,26,27). The molecule has 1 N–H and O–H groups in total. The molecular weight excluding hydrogens is 427 g/mol. The van der Waals surface area contributed by atoms with Gasteiger partial charge in [-0.05, 0) is 51.9 Å². The minimum absolute atomic E-state index is 0.0391. The number of hydrogen-bond donors (Lipinski definition) is 1. The van der Waals surface area contributed by atoms with E-state index < -0.39 is 7.82 Å². The Labute approximate surface area is 188 Å². The Morgan fingerprint density at radius 3 is 2.34 bits per heavy atom. The van der Waals surface area contributed by atoms with Gasteiger partial charge in [0.05, 0.1) is 19.8 Å². The van der Waals surface area contributed by atoms with E-state index in [4.69, 9.17) is 14.0 Å². The monoisotopic (exact) mass is 454 g/mol. The molecule has 3 aromatic carbocycles. The molecule has 168 valence electrons. The highest BCUT2D eigenvalue weighted by atomic mass is 31.2. The molecule has 3 aromatic rings. The van der Waals surface area contributed by atoms with Gasteiger partial charge in [-0.3, -0.25) is 9.05 Å². The van der Waals surface area contributed by atoms with E-state index in [2.05, 4.69) is 53.9 Å². The van der Waals surface area contributed by atoms with Crippen LogP contribution in [-0.2, 0) is 51.2 Å². The third-order valence-corrected chi connectivity index (χ3v) is 6.37. The van der Waals surface area contributed by atoms with Crippen molar-refractivity contribution in [2.75, 3.05) is 7.11 Å². The van der Waals surface area contributed by atoms with Gasteiger partial charge >= 0.3 is 7.82 Å². The van der Waals surface area contributed by atoms with Crippen LogP contribution in [0.2, 0.25) is 0 Å². The Balaban J connectivity index is 1.41. The number of phosphoric ester groups is 1. The first-order chi connectivity index (χ1) is 15.5. The fourth-order valence-electron chi connectivity index (χ4n) is 3.71. The second-order valence-electron chi connectivity index (χ2n) is 7.70. The van der Waals surface area contributed by atoms with Crippen LogP contribution >= 0.6 is 7.82 Å². The van der Waals surface area contributed by atoms with Crippen molar-refractivity contribution in [2.24, 2.45) is 0 Å². The molecule has 1 heterocycles. The minimum atomic E-state index is -4.01. The summed E-state index contributed by atoms with van der Waals surface area (Å²) in [7, 11) is -2.88. The van der Waals surface area contributed by atoms with Gasteiger partial charge in [0.25, 0.3) is 0 Å². The number of aryl methyl sites for hydroxylation is 1. The first-order valence-electron chi connectivity index (χ1n) is 10.5. The molecule has 0 aliphatic carbocycles. The summed E-state index contributed by atoms with van der Waals surface area (Å²) in [6.45, 7) is 3.68. The Bertz CT molecular complexity index is 1140. The lowest BCUT2D eigenvalue weighted by atomic mass is 9.94. The van der Waals surface area contributed by atoms with Crippen molar-refractivity contribution < 1.29 is 28.0 Å². The van der Waals surface area contributed by atoms with Gasteiger partial charge in [-0.2, -0.15) is 0 Å². The number of hydrogen-bond acceptors (Lipinski definition) is 5. The molecule has 7 heteroatoms. The molecule has 4 rings (SSSR count). The number of ether oxygens (including phenoxy) is 2. The summed E-state index contributed by atoms with van der Waals surface area (Å²) in [4.78, 5) is 9.40. The Morgan fingerprint density at radius 2 is 1.59 bits per heavy atom. The zero-order valence-corrected chi connectivity index (χ0v) is 19.1. The molecule has 1 aliphatic rings. The van der Waals surface area contributed by atoms with Gasteiger partial charge in [-0.25, -0.2) is 4.57 Å². The minimum Gasteiger partial charge on any atom is -0.488 e. The van der Waals surface area contributed by atoms with Crippen LogP contribution < -0.4 is 4.74 Å². The third kappa shape index (κ3) is 5.47. The van der Waals surface area contributed by atoms with E-state index in [9.17, 15) is 9.46 Å². The predicted octanol–water partition coefficient (Wildman–Crippen LogP) is 5.79. The SMILES string of the molecule is CCc1cccc(COCc2ccc3c(c2)COc2cc(COP(=O)(O)OC)ccc2-3)c1. The van der Waals surface area contributed by atoms with Gasteiger partial charge < -0.3 is 14.4 Å². The van der Waals surface area contributed by atoms with E-state index in [1.54, 1.807) is 0 Å². The molecule has 1 atom stereocenters. The molecular formula is C25H27O6P. The zero-order chi connectivity index (χ0) is 22.6. The van der Waals surface area contributed by atoms with Crippen molar-refractivity contribution in [1.82, 2.24) is 0 Å². The summed E-state index contributed by atoms with van der Waals surface area (Å²) in [6.07, 6.45) is 1.02. The second kappa shape index (κ2) is 9.99. The van der Waals surface area contributed by atoms with Gasteiger partial charge in [-0.15, -0.1) is 0 Å². The lowest BCUT2D eigenvalue weighted by Crippen LogP contribution is -2.07. The van der Waals surface area contributed by atoms with Crippen LogP contribution in [0.1, 0.15) is 34.7 Å². The fourth-order valence-corrected chi connectivity index (χ4v) is 4.13. The average molecular weight is 454 g/mol. The molecule has 0 bridgehead atoms. The molecule has 32 heavy (non-hydrogen) atoms. The topological polar surface area (TPSA) is 74.2 Å². The van der Waals surface area contributed by atoms with Crippen LogP contribution in [0.4, 0.5) is 0 Å². The Morgan fingerprint density at radius 1 is 0.906 bits per heavy atom. The van der Waals surface area contributed by atoms with E-state index in [1.165, 1.54) is 11.1 Å². The molecule has 0 saturated carbocycles. The molecule has 0 aromatic heterocycles. The summed E-state index contributed by atoms with van der Waals surface area (Å²) in [5.74, 6) is 0.726. The molecule has 0 radical (unpaired) electrons. The van der Waals surface area contributed by atoms with E-state index >= 15 is 0 Å². The Kier molecular flexibility index (Phi) is 7.09. The molecule has 0 fully saturated rings. The molecule has 0 saturated heterocycles. The number of rotatable bonds is 9. The predicted molar refractivity (Wildman–Crippen MR) is 122 cm³/mol. The van der Waals surface area contributed by atoms with Crippen LogP contribution in [0.5, 0.6) is 5.75 Å². The quantitative estimate of drug-likeness (QED) is 0.413. The van der Waals surface area contributed by atoms with Crippen LogP contribution in [-0.4, -0.2) is 12.0 Å². The Hall–Kier alpha value is -2.47. The van der Waals surface area contributed by atoms with Crippen molar-refractivity contribution >= 4 is 7.82 Å². The second-order valence-corrected chi connectivity index (χ2v) is 9.26. The van der Waals surface area contributed by atoms with E-state index in [0.717, 1.165) is 47.1 Å². The normalized spacial score (nSPS) is 14.2. The van der Waals surface area contributed by atoms with Gasteiger partial charge in [0.2, 0.25) is 0 Å². The summed E-state index contributed by atoms with van der Waals surface area (Å²) in [5.41, 5.74) is 7.54. The van der Waals surface area contributed by atoms with Crippen LogP contribution in [0.3, 0.4) is 0 Å². The lowest BCUT2D eigenvalue weighted by molar-refractivity contribution is 0.107. The number of fused-ring (bicyclic) bond motifs is 3. The molecule has 6 nitrogen and oxygen atoms in total. The summed E-state index contributed by atoms with van der Waals surface area (Å²) >= 11 is 0. The molecule has 1 unspecified atom stereocenters. The van der Waals surface area contributed by atoms with E-state index in [1.807, 2.05) is 18.2 Å². The number of phosphoric acid groups is 1. The average Bonchev–Trinajstić information content (AvgIpc) is 2.82. The van der Waals surface area contributed by atoms with Gasteiger partial charge in [0.1, 0.15) is 12.4 Å². The van der Waals surface area contributed by atoms with Crippen molar-refractivity contribution in [2.45, 2.75) is 39.8 Å². The van der Waals surface area contributed by atoms with Gasteiger partial charge in [0, 0.05) is 12.7 Å². The van der Waals surface area contributed by atoms with Gasteiger partial charge in [-0.1, -0.05) is 55.5 Å². The van der Waals surface area contributed by atoms with Crippen LogP contribution in [0, 0.1) is 0 Å². The number of benzene rings is 3. The maximum Gasteiger partial charge on any atom is 0.472 e. The highest BCUT2D eigenvalue weighted by Gasteiger charge is 2.21. The largest absolute Gasteiger partial charge is 0.488 e. The highest BCUT2D eigenvalue weighted by Crippen LogP contribution is 2.44. The van der Waals surface area contributed by atoms with E-state index in [0.29, 0.717) is 19.8 Å². The summed E-state index contributed by atoms with van der Waals surface area (Å²) < 4.78 is 32.8. The maximum absolute atomic E-state index is 11.5. The lowest BCUT2D eigenvalue weighted by Gasteiger charge is -2.22. The van der Waals surface area contributed by atoms with Crippen LogP contribution in [0.15, 0.2) is 60.7 Å². The molecule has 1 aliphatic heterocycles. The molecule has 0 amide bonds. The van der Waals surface area contributed by atoms with Crippen LogP contribution in [0.25, 0.3) is 11.1 Å². The highest BCUT2D eigenvalue weighted by molar-refractivity contribution is 7.47. The maximum atomic E-state index is 11.5. The summed E-state index contributed by atoms with van der Waals surface area (Å²) in [6, 6.07) is 20.4. The smallest absolute Gasteiger partial charge is 0.472 e. The van der Waals surface area contributed by atoms with Crippen molar-refractivity contribution in [3.63, 3.8) is 0 Å². The third-order valence-electron chi connectivity index (χ3n) is 5.45. The van der Waals surface area contributed by atoms with Crippen molar-refractivity contribution in [1.29, 1.82) is 0 Å². The van der Waals surface area contributed by atoms with Crippen molar-refractivity contribution in [3.8, 4) is 16.9 Å². The fraction of sp³-hybridized carbons (Fsp3) is 0.280. The molecule has 0 spiro atoms. The summed E-state index contributed by atoms with van der Waals surface area (Å²) in [5, 5.41) is 0. The van der Waals surface area contributed by atoms with Gasteiger partial charge in [0.15, 0.2) is 0 Å².